The molecule has 0 bridgehead atoms. The molecule has 1 aliphatic rings. The molecule has 0 atom stereocenters. The average molecular weight is 240 g/mol. The molecule has 0 aromatic carbocycles. The number of hydrogen-bond acceptors (Lipinski definition) is 5. The molecule has 1 aromatic rings. The lowest BCUT2D eigenvalue weighted by Gasteiger charge is -2.10. The summed E-state index contributed by atoms with van der Waals surface area (Å²) in [6.07, 6.45) is 2.15. The zero-order chi connectivity index (χ0) is 11.7. The van der Waals surface area contributed by atoms with Gasteiger partial charge in [0.2, 0.25) is 0 Å². The lowest BCUT2D eigenvalue weighted by molar-refractivity contribution is 0.0956. The largest absolute Gasteiger partial charge is 0.382 e. The Morgan fingerprint density at radius 1 is 1.69 bits per heavy atom. The highest BCUT2D eigenvalue weighted by Gasteiger charge is 2.26. The Morgan fingerprint density at radius 2 is 2.38 bits per heavy atom. The van der Waals surface area contributed by atoms with Crippen molar-refractivity contribution in [3.8, 4) is 0 Å². The fraction of sp³-hybridized carbons (Fsp3) is 0.600. The highest BCUT2D eigenvalue weighted by atomic mass is 32.1. The summed E-state index contributed by atoms with van der Waals surface area (Å²) in [7, 11) is 1.93. The number of nitrogens with two attached hydrogens (primary N) is 1. The van der Waals surface area contributed by atoms with E-state index in [-0.39, 0.29) is 5.91 Å². The van der Waals surface area contributed by atoms with E-state index >= 15 is 0 Å². The van der Waals surface area contributed by atoms with Crippen LogP contribution < -0.4 is 16.0 Å². The molecule has 1 aliphatic carbocycles. The molecule has 6 heteroatoms. The van der Waals surface area contributed by atoms with E-state index in [9.17, 15) is 4.79 Å². The minimum absolute atomic E-state index is 0.0896. The highest BCUT2D eigenvalue weighted by Crippen LogP contribution is 2.28. The van der Waals surface area contributed by atoms with Crippen LogP contribution in [0.25, 0.3) is 0 Å². The molecular formula is C10H16N4OS. The van der Waals surface area contributed by atoms with Gasteiger partial charge in [0.15, 0.2) is 5.13 Å². The lowest BCUT2D eigenvalue weighted by atomic mass is 10.4. The van der Waals surface area contributed by atoms with Gasteiger partial charge in [-0.3, -0.25) is 4.79 Å². The summed E-state index contributed by atoms with van der Waals surface area (Å²) < 4.78 is 0. The monoisotopic (exact) mass is 240 g/mol. The fourth-order valence-corrected chi connectivity index (χ4v) is 2.17. The van der Waals surface area contributed by atoms with Crippen molar-refractivity contribution >= 4 is 28.2 Å². The average Bonchev–Trinajstić information content (AvgIpc) is 2.98. The second-order valence-electron chi connectivity index (χ2n) is 3.97. The van der Waals surface area contributed by atoms with E-state index < -0.39 is 0 Å². The van der Waals surface area contributed by atoms with Crippen molar-refractivity contribution in [2.24, 2.45) is 0 Å². The van der Waals surface area contributed by atoms with Gasteiger partial charge in [0.1, 0.15) is 10.7 Å². The summed E-state index contributed by atoms with van der Waals surface area (Å²) in [6, 6.07) is 0.348. The smallest absolute Gasteiger partial charge is 0.265 e. The molecule has 2 rings (SSSR count). The lowest BCUT2D eigenvalue weighted by Crippen LogP contribution is -2.25. The Hall–Kier alpha value is -1.30. The number of nitrogens with one attached hydrogen (secondary N) is 1. The molecule has 0 saturated heterocycles. The maximum atomic E-state index is 11.8. The van der Waals surface area contributed by atoms with Gasteiger partial charge in [0.05, 0.1) is 0 Å². The Balaban J connectivity index is 2.13. The molecule has 0 spiro atoms. The van der Waals surface area contributed by atoms with Crippen LogP contribution in [0.15, 0.2) is 0 Å². The van der Waals surface area contributed by atoms with Crippen LogP contribution in [0.3, 0.4) is 0 Å². The highest BCUT2D eigenvalue weighted by molar-refractivity contribution is 7.18. The first-order valence-corrected chi connectivity index (χ1v) is 6.21. The van der Waals surface area contributed by atoms with Crippen molar-refractivity contribution < 1.29 is 4.79 Å². The van der Waals surface area contributed by atoms with Crippen molar-refractivity contribution in [1.82, 2.24) is 10.3 Å². The first kappa shape index (κ1) is 11.2. The van der Waals surface area contributed by atoms with Crippen molar-refractivity contribution in [3.63, 3.8) is 0 Å². The standard InChI is InChI=1S/C10H16N4OS/c1-3-14(2)10-13-8(11)7(16-10)9(15)12-6-4-5-6/h6H,3-5,11H2,1-2H3,(H,12,15). The Morgan fingerprint density at radius 3 is 2.94 bits per heavy atom. The third-order valence-electron chi connectivity index (χ3n) is 2.56. The molecular weight excluding hydrogens is 224 g/mol. The number of carbonyl (C=O) groups excluding carboxylic acids is 1. The molecule has 16 heavy (non-hydrogen) atoms. The van der Waals surface area contributed by atoms with Crippen LogP contribution in [0.4, 0.5) is 10.9 Å². The van der Waals surface area contributed by atoms with E-state index in [0.717, 1.165) is 24.5 Å². The summed E-state index contributed by atoms with van der Waals surface area (Å²) in [5.74, 6) is 0.242. The molecule has 1 amide bonds. The van der Waals surface area contributed by atoms with E-state index in [0.29, 0.717) is 16.7 Å². The van der Waals surface area contributed by atoms with Crippen molar-refractivity contribution in [1.29, 1.82) is 0 Å². The second kappa shape index (κ2) is 4.29. The van der Waals surface area contributed by atoms with Gasteiger partial charge in [-0.15, -0.1) is 0 Å². The Labute approximate surface area is 98.7 Å². The fourth-order valence-electron chi connectivity index (χ4n) is 1.26. The normalized spacial score (nSPS) is 14.9. The van der Waals surface area contributed by atoms with Gasteiger partial charge in [0.25, 0.3) is 5.91 Å². The summed E-state index contributed by atoms with van der Waals surface area (Å²) in [4.78, 5) is 18.5. The molecule has 5 nitrogen and oxygen atoms in total. The minimum atomic E-state index is -0.0896. The van der Waals surface area contributed by atoms with Gasteiger partial charge >= 0.3 is 0 Å². The SMILES string of the molecule is CCN(C)c1nc(N)c(C(=O)NC2CC2)s1. The number of rotatable bonds is 4. The molecule has 3 N–H and O–H groups in total. The number of carbonyl (C=O) groups is 1. The molecule has 0 unspecified atom stereocenters. The van der Waals surface area contributed by atoms with Crippen LogP contribution in [0.1, 0.15) is 29.4 Å². The van der Waals surface area contributed by atoms with Crippen LogP contribution >= 0.6 is 11.3 Å². The van der Waals surface area contributed by atoms with E-state index in [1.807, 2.05) is 18.9 Å². The van der Waals surface area contributed by atoms with E-state index in [1.54, 1.807) is 0 Å². The summed E-state index contributed by atoms with van der Waals surface area (Å²) in [5, 5.41) is 3.71. The third kappa shape index (κ3) is 2.27. The Kier molecular flexibility index (Phi) is 3.00. The minimum Gasteiger partial charge on any atom is -0.382 e. The first-order chi connectivity index (χ1) is 7.61. The molecule has 1 aromatic heterocycles. The summed E-state index contributed by atoms with van der Waals surface area (Å²) in [6.45, 7) is 2.87. The molecule has 0 aliphatic heterocycles. The zero-order valence-corrected chi connectivity index (χ0v) is 10.3. The predicted octanol–water partition coefficient (Wildman–Crippen LogP) is 1.07. The number of aromatic nitrogens is 1. The summed E-state index contributed by atoms with van der Waals surface area (Å²) in [5.41, 5.74) is 5.74. The maximum absolute atomic E-state index is 11.8. The van der Waals surface area contributed by atoms with E-state index in [1.165, 1.54) is 11.3 Å². The number of anilines is 2. The molecule has 88 valence electrons. The third-order valence-corrected chi connectivity index (χ3v) is 3.75. The predicted molar refractivity (Wildman–Crippen MR) is 66.0 cm³/mol. The molecule has 1 fully saturated rings. The van der Waals surface area contributed by atoms with Gasteiger partial charge in [-0.25, -0.2) is 4.98 Å². The van der Waals surface area contributed by atoms with Gasteiger partial charge in [0, 0.05) is 19.6 Å². The zero-order valence-electron chi connectivity index (χ0n) is 9.49. The van der Waals surface area contributed by atoms with E-state index in [4.69, 9.17) is 5.73 Å². The van der Waals surface area contributed by atoms with Crippen molar-refractivity contribution in [3.05, 3.63) is 4.88 Å². The number of nitrogens with zero attached hydrogens (tertiary/aromatic N) is 2. The topological polar surface area (TPSA) is 71.2 Å². The van der Waals surface area contributed by atoms with Crippen LogP contribution in [0.5, 0.6) is 0 Å². The van der Waals surface area contributed by atoms with Crippen LogP contribution in [0, 0.1) is 0 Å². The molecule has 1 saturated carbocycles. The second-order valence-corrected chi connectivity index (χ2v) is 4.95. The summed E-state index contributed by atoms with van der Waals surface area (Å²) >= 11 is 1.35. The molecule has 1 heterocycles. The van der Waals surface area contributed by atoms with Gasteiger partial charge in [-0.05, 0) is 19.8 Å². The van der Waals surface area contributed by atoms with Crippen LogP contribution in [0.2, 0.25) is 0 Å². The first-order valence-electron chi connectivity index (χ1n) is 5.40. The van der Waals surface area contributed by atoms with Crippen LogP contribution in [-0.4, -0.2) is 30.5 Å². The Bertz CT molecular complexity index is 400. The van der Waals surface area contributed by atoms with Gasteiger partial charge in [-0.1, -0.05) is 11.3 Å². The van der Waals surface area contributed by atoms with Gasteiger partial charge in [-0.2, -0.15) is 0 Å². The number of hydrogen-bond donors (Lipinski definition) is 2. The number of thiazole rings is 1. The maximum Gasteiger partial charge on any atom is 0.265 e. The van der Waals surface area contributed by atoms with Crippen LogP contribution in [-0.2, 0) is 0 Å². The van der Waals surface area contributed by atoms with E-state index in [2.05, 4.69) is 10.3 Å². The van der Waals surface area contributed by atoms with Gasteiger partial charge < -0.3 is 16.0 Å². The number of amides is 1. The number of nitrogen functional groups attached to an aromatic ring is 1. The van der Waals surface area contributed by atoms with Crippen molar-refractivity contribution in [2.75, 3.05) is 24.2 Å². The molecule has 0 radical (unpaired) electrons. The quantitative estimate of drug-likeness (QED) is 0.826. The van der Waals surface area contributed by atoms with Crippen molar-refractivity contribution in [2.45, 2.75) is 25.8 Å².